The molecule has 1 aromatic rings. The zero-order valence-electron chi connectivity index (χ0n) is 11.8. The van der Waals surface area contributed by atoms with Gasteiger partial charge < -0.3 is 10.1 Å². The van der Waals surface area contributed by atoms with Crippen molar-refractivity contribution in [1.29, 1.82) is 0 Å². The monoisotopic (exact) mass is 287 g/mol. The number of halogens is 3. The first-order valence-corrected chi connectivity index (χ1v) is 6.83. The summed E-state index contributed by atoms with van der Waals surface area (Å²) >= 11 is 0. The summed E-state index contributed by atoms with van der Waals surface area (Å²) < 4.78 is 43.7. The lowest BCUT2D eigenvalue weighted by molar-refractivity contribution is -0.183. The van der Waals surface area contributed by atoms with Crippen molar-refractivity contribution in [2.24, 2.45) is 5.92 Å². The topological polar surface area (TPSA) is 21.3 Å². The van der Waals surface area contributed by atoms with E-state index >= 15 is 0 Å². The third kappa shape index (κ3) is 3.66. The number of hydrogen-bond donors (Lipinski definition) is 1. The minimum absolute atomic E-state index is 0.139. The molecule has 1 heterocycles. The predicted molar refractivity (Wildman–Crippen MR) is 72.0 cm³/mol. The highest BCUT2D eigenvalue weighted by Crippen LogP contribution is 2.35. The number of alkyl halides is 3. The van der Waals surface area contributed by atoms with E-state index in [1.165, 1.54) is 0 Å². The average Bonchev–Trinajstić information content (AvgIpc) is 2.38. The maximum absolute atomic E-state index is 12.8. The highest BCUT2D eigenvalue weighted by atomic mass is 19.4. The lowest BCUT2D eigenvalue weighted by Gasteiger charge is -2.32. The van der Waals surface area contributed by atoms with Gasteiger partial charge in [0.1, 0.15) is 5.75 Å². The fourth-order valence-electron chi connectivity index (χ4n) is 2.79. The Morgan fingerprint density at radius 2 is 2.10 bits per heavy atom. The number of aryl methyl sites for hydroxylation is 1. The number of benzene rings is 1. The number of ether oxygens (including phenoxy) is 1. The van der Waals surface area contributed by atoms with Crippen LogP contribution in [0.15, 0.2) is 18.2 Å². The standard InChI is InChI=1S/C15H20F3NO/c1-10-3-4-14(20-2)11(7-10)8-13-9-12(5-6-19-13)15(16,17)18/h3-4,7,12-13,19H,5-6,8-9H2,1-2H3. The van der Waals surface area contributed by atoms with Crippen molar-refractivity contribution in [2.45, 2.75) is 38.4 Å². The van der Waals surface area contributed by atoms with E-state index in [4.69, 9.17) is 4.74 Å². The predicted octanol–water partition coefficient (Wildman–Crippen LogP) is 3.48. The molecular weight excluding hydrogens is 267 g/mol. The van der Waals surface area contributed by atoms with Gasteiger partial charge in [0.05, 0.1) is 13.0 Å². The summed E-state index contributed by atoms with van der Waals surface area (Å²) in [7, 11) is 1.58. The molecule has 0 radical (unpaired) electrons. The van der Waals surface area contributed by atoms with Gasteiger partial charge in [0, 0.05) is 6.04 Å². The van der Waals surface area contributed by atoms with E-state index in [2.05, 4.69) is 5.32 Å². The molecular formula is C15H20F3NO. The Labute approximate surface area is 117 Å². The van der Waals surface area contributed by atoms with Crippen molar-refractivity contribution < 1.29 is 17.9 Å². The first-order chi connectivity index (χ1) is 9.40. The van der Waals surface area contributed by atoms with Crippen molar-refractivity contribution in [1.82, 2.24) is 5.32 Å². The SMILES string of the molecule is COc1ccc(C)cc1CC1CC(C(F)(F)F)CCN1. The molecule has 2 unspecified atom stereocenters. The lowest BCUT2D eigenvalue weighted by Crippen LogP contribution is -2.43. The second kappa shape index (κ2) is 6.04. The van der Waals surface area contributed by atoms with Crippen molar-refractivity contribution in [3.8, 4) is 5.75 Å². The van der Waals surface area contributed by atoms with E-state index < -0.39 is 12.1 Å². The molecule has 1 fully saturated rings. The Balaban J connectivity index is 2.08. The molecule has 20 heavy (non-hydrogen) atoms. The molecule has 1 N–H and O–H groups in total. The fraction of sp³-hybridized carbons (Fsp3) is 0.600. The van der Waals surface area contributed by atoms with E-state index in [-0.39, 0.29) is 18.9 Å². The summed E-state index contributed by atoms with van der Waals surface area (Å²) in [6, 6.07) is 5.65. The molecule has 0 amide bonds. The molecule has 0 aliphatic carbocycles. The van der Waals surface area contributed by atoms with Crippen molar-refractivity contribution in [3.63, 3.8) is 0 Å². The number of piperidine rings is 1. The first kappa shape index (κ1) is 15.2. The summed E-state index contributed by atoms with van der Waals surface area (Å²) in [6.45, 7) is 2.39. The van der Waals surface area contributed by atoms with Gasteiger partial charge >= 0.3 is 6.18 Å². The van der Waals surface area contributed by atoms with Crippen LogP contribution in [0.2, 0.25) is 0 Å². The molecule has 2 atom stereocenters. The normalized spacial score (nSPS) is 23.6. The van der Waals surface area contributed by atoms with Crippen LogP contribution in [0.4, 0.5) is 13.2 Å². The van der Waals surface area contributed by atoms with Gasteiger partial charge in [-0.25, -0.2) is 0 Å². The molecule has 2 nitrogen and oxygen atoms in total. The van der Waals surface area contributed by atoms with Crippen molar-refractivity contribution in [3.05, 3.63) is 29.3 Å². The maximum Gasteiger partial charge on any atom is 0.391 e. The first-order valence-electron chi connectivity index (χ1n) is 6.83. The Kier molecular flexibility index (Phi) is 4.58. The van der Waals surface area contributed by atoms with Crippen molar-refractivity contribution >= 4 is 0 Å². The highest BCUT2D eigenvalue weighted by molar-refractivity contribution is 5.37. The molecule has 1 aromatic carbocycles. The van der Waals surface area contributed by atoms with Gasteiger partial charge in [-0.3, -0.25) is 0 Å². The van der Waals surface area contributed by atoms with Gasteiger partial charge in [-0.15, -0.1) is 0 Å². The van der Waals surface area contributed by atoms with Gasteiger partial charge in [0.15, 0.2) is 0 Å². The number of hydrogen-bond acceptors (Lipinski definition) is 2. The molecule has 0 bridgehead atoms. The van der Waals surface area contributed by atoms with Crippen LogP contribution >= 0.6 is 0 Å². The number of nitrogens with one attached hydrogen (secondary N) is 1. The molecule has 5 heteroatoms. The Bertz CT molecular complexity index is 459. The minimum Gasteiger partial charge on any atom is -0.496 e. The summed E-state index contributed by atoms with van der Waals surface area (Å²) in [6.07, 6.45) is -3.21. The fourth-order valence-corrected chi connectivity index (χ4v) is 2.79. The minimum atomic E-state index is -4.09. The van der Waals surface area contributed by atoms with E-state index in [9.17, 15) is 13.2 Å². The van der Waals surface area contributed by atoms with Gasteiger partial charge in [0.2, 0.25) is 0 Å². The Morgan fingerprint density at radius 3 is 2.75 bits per heavy atom. The van der Waals surface area contributed by atoms with Crippen LogP contribution in [-0.2, 0) is 6.42 Å². The highest BCUT2D eigenvalue weighted by Gasteiger charge is 2.42. The van der Waals surface area contributed by atoms with Crippen LogP contribution in [0.25, 0.3) is 0 Å². The van der Waals surface area contributed by atoms with Gasteiger partial charge in [-0.05, 0) is 44.4 Å². The molecule has 0 saturated carbocycles. The second-order valence-corrected chi connectivity index (χ2v) is 5.43. The van der Waals surface area contributed by atoms with Gasteiger partial charge in [0.25, 0.3) is 0 Å². The molecule has 1 aliphatic heterocycles. The van der Waals surface area contributed by atoms with E-state index in [1.54, 1.807) is 7.11 Å². The Morgan fingerprint density at radius 1 is 1.35 bits per heavy atom. The van der Waals surface area contributed by atoms with Gasteiger partial charge in [-0.1, -0.05) is 17.7 Å². The average molecular weight is 287 g/mol. The third-order valence-electron chi connectivity index (χ3n) is 3.86. The second-order valence-electron chi connectivity index (χ2n) is 5.43. The summed E-state index contributed by atoms with van der Waals surface area (Å²) in [4.78, 5) is 0. The zero-order valence-corrected chi connectivity index (χ0v) is 11.8. The number of methoxy groups -OCH3 is 1. The van der Waals surface area contributed by atoms with Crippen LogP contribution in [-0.4, -0.2) is 25.9 Å². The van der Waals surface area contributed by atoms with Crippen LogP contribution in [0.5, 0.6) is 5.75 Å². The Hall–Kier alpha value is -1.23. The van der Waals surface area contributed by atoms with E-state index in [0.717, 1.165) is 16.9 Å². The zero-order chi connectivity index (χ0) is 14.8. The molecule has 1 aliphatic rings. The lowest BCUT2D eigenvalue weighted by atomic mass is 9.88. The van der Waals surface area contributed by atoms with Crippen LogP contribution < -0.4 is 10.1 Å². The van der Waals surface area contributed by atoms with E-state index in [0.29, 0.717) is 13.0 Å². The molecule has 0 aromatic heterocycles. The number of rotatable bonds is 3. The molecule has 0 spiro atoms. The quantitative estimate of drug-likeness (QED) is 0.919. The summed E-state index contributed by atoms with van der Waals surface area (Å²) in [5.41, 5.74) is 2.05. The molecule has 1 saturated heterocycles. The van der Waals surface area contributed by atoms with E-state index in [1.807, 2.05) is 25.1 Å². The van der Waals surface area contributed by atoms with Crippen molar-refractivity contribution in [2.75, 3.05) is 13.7 Å². The molecule has 2 rings (SSSR count). The van der Waals surface area contributed by atoms with Crippen LogP contribution in [0.1, 0.15) is 24.0 Å². The smallest absolute Gasteiger partial charge is 0.391 e. The largest absolute Gasteiger partial charge is 0.496 e. The van der Waals surface area contributed by atoms with Crippen LogP contribution in [0, 0.1) is 12.8 Å². The summed E-state index contributed by atoms with van der Waals surface area (Å²) in [5.74, 6) is -0.448. The van der Waals surface area contributed by atoms with Crippen LogP contribution in [0.3, 0.4) is 0 Å². The third-order valence-corrected chi connectivity index (χ3v) is 3.86. The van der Waals surface area contributed by atoms with Gasteiger partial charge in [-0.2, -0.15) is 13.2 Å². The summed E-state index contributed by atoms with van der Waals surface area (Å²) in [5, 5.41) is 3.18. The maximum atomic E-state index is 12.8. The molecule has 112 valence electrons.